The minimum absolute atomic E-state index is 0.136. The van der Waals surface area contributed by atoms with Gasteiger partial charge >= 0.3 is 0 Å². The summed E-state index contributed by atoms with van der Waals surface area (Å²) >= 11 is 0. The monoisotopic (exact) mass is 283 g/mol. The quantitative estimate of drug-likeness (QED) is 0.848. The molecule has 0 aliphatic carbocycles. The van der Waals surface area contributed by atoms with Gasteiger partial charge in [-0.2, -0.15) is 0 Å². The maximum absolute atomic E-state index is 11.6. The van der Waals surface area contributed by atoms with E-state index in [2.05, 4.69) is 36.5 Å². The smallest absolute Gasteiger partial charge is 0.251 e. The second-order valence-corrected chi connectivity index (χ2v) is 4.93. The number of amides is 1. The number of aryl methyl sites for hydroxylation is 1. The largest absolute Gasteiger partial charge is 0.397 e. The van der Waals surface area contributed by atoms with Crippen molar-refractivity contribution in [3.8, 4) is 0 Å². The highest BCUT2D eigenvalue weighted by Crippen LogP contribution is 2.29. The van der Waals surface area contributed by atoms with Crippen LogP contribution in [0.4, 0.5) is 17.1 Å². The van der Waals surface area contributed by atoms with E-state index in [-0.39, 0.29) is 5.91 Å². The molecule has 1 amide bonds. The van der Waals surface area contributed by atoms with Gasteiger partial charge in [-0.1, -0.05) is 19.1 Å². The van der Waals surface area contributed by atoms with E-state index < -0.39 is 0 Å². The van der Waals surface area contributed by atoms with Crippen molar-refractivity contribution in [3.05, 3.63) is 53.6 Å². The molecule has 0 atom stereocenters. The van der Waals surface area contributed by atoms with Crippen LogP contribution in [-0.4, -0.2) is 20.0 Å². The summed E-state index contributed by atoms with van der Waals surface area (Å²) in [7, 11) is 3.57. The average molecular weight is 283 g/mol. The van der Waals surface area contributed by atoms with E-state index in [1.54, 1.807) is 19.2 Å². The molecular weight excluding hydrogens is 262 g/mol. The van der Waals surface area contributed by atoms with Crippen LogP contribution < -0.4 is 16.0 Å². The summed E-state index contributed by atoms with van der Waals surface area (Å²) in [6, 6.07) is 13.7. The molecule has 2 aromatic rings. The summed E-state index contributed by atoms with van der Waals surface area (Å²) in [6.45, 7) is 2.13. The summed E-state index contributed by atoms with van der Waals surface area (Å²) in [5, 5.41) is 2.59. The number of hydrogen-bond acceptors (Lipinski definition) is 3. The lowest BCUT2D eigenvalue weighted by molar-refractivity contribution is 0.0963. The molecule has 0 saturated carbocycles. The molecule has 3 N–H and O–H groups in total. The minimum atomic E-state index is -0.136. The van der Waals surface area contributed by atoms with E-state index in [9.17, 15) is 4.79 Å². The number of rotatable bonds is 4. The molecule has 4 nitrogen and oxygen atoms in total. The standard InChI is InChI=1S/C17H21N3O/c1-4-12-5-8-14(9-6-12)20(3)16-10-7-13(11-15(16)18)17(21)19-2/h5-11H,4,18H2,1-3H3,(H,19,21). The number of benzene rings is 2. The van der Waals surface area contributed by atoms with Gasteiger partial charge in [-0.15, -0.1) is 0 Å². The summed E-state index contributed by atoms with van der Waals surface area (Å²) in [5.41, 5.74) is 10.5. The minimum Gasteiger partial charge on any atom is -0.397 e. The van der Waals surface area contributed by atoms with Crippen LogP contribution in [0.15, 0.2) is 42.5 Å². The van der Waals surface area contributed by atoms with Gasteiger partial charge in [-0.3, -0.25) is 4.79 Å². The van der Waals surface area contributed by atoms with E-state index >= 15 is 0 Å². The molecule has 0 aliphatic heterocycles. The highest BCUT2D eigenvalue weighted by molar-refractivity contribution is 5.96. The first-order chi connectivity index (χ1) is 10.1. The molecule has 0 bridgehead atoms. The Labute approximate surface area is 125 Å². The van der Waals surface area contributed by atoms with E-state index in [4.69, 9.17) is 5.73 Å². The van der Waals surface area contributed by atoms with E-state index in [0.717, 1.165) is 17.8 Å². The van der Waals surface area contributed by atoms with Crippen LogP contribution in [0.2, 0.25) is 0 Å². The number of nitrogens with zero attached hydrogens (tertiary/aromatic N) is 1. The van der Waals surface area contributed by atoms with Crippen molar-refractivity contribution < 1.29 is 4.79 Å². The van der Waals surface area contributed by atoms with Gasteiger partial charge < -0.3 is 16.0 Å². The zero-order chi connectivity index (χ0) is 15.4. The Hall–Kier alpha value is -2.49. The molecule has 0 heterocycles. The van der Waals surface area contributed by atoms with Gasteiger partial charge in [0.25, 0.3) is 5.91 Å². The van der Waals surface area contributed by atoms with Gasteiger partial charge in [-0.05, 0) is 42.3 Å². The van der Waals surface area contributed by atoms with Crippen LogP contribution in [0.1, 0.15) is 22.8 Å². The summed E-state index contributed by atoms with van der Waals surface area (Å²) < 4.78 is 0. The molecule has 2 aromatic carbocycles. The van der Waals surface area contributed by atoms with Crippen LogP contribution in [0.25, 0.3) is 0 Å². The fourth-order valence-electron chi connectivity index (χ4n) is 2.24. The van der Waals surface area contributed by atoms with Crippen LogP contribution in [0.5, 0.6) is 0 Å². The first-order valence-corrected chi connectivity index (χ1v) is 7.01. The molecule has 0 spiro atoms. The number of carbonyl (C=O) groups is 1. The molecular formula is C17H21N3O. The molecule has 2 rings (SSSR count). The Bertz CT molecular complexity index is 635. The third-order valence-electron chi connectivity index (χ3n) is 3.61. The summed E-state index contributed by atoms with van der Waals surface area (Å²) in [5.74, 6) is -0.136. The predicted molar refractivity (Wildman–Crippen MR) is 88.1 cm³/mol. The highest BCUT2D eigenvalue weighted by Gasteiger charge is 2.11. The zero-order valence-electron chi connectivity index (χ0n) is 12.7. The topological polar surface area (TPSA) is 58.4 Å². The highest BCUT2D eigenvalue weighted by atomic mass is 16.1. The maximum atomic E-state index is 11.6. The Kier molecular flexibility index (Phi) is 4.48. The molecule has 0 radical (unpaired) electrons. The fourth-order valence-corrected chi connectivity index (χ4v) is 2.24. The fraction of sp³-hybridized carbons (Fsp3) is 0.235. The van der Waals surface area contributed by atoms with Crippen molar-refractivity contribution in [2.75, 3.05) is 24.7 Å². The molecule has 0 aromatic heterocycles. The van der Waals surface area contributed by atoms with Crippen molar-refractivity contribution in [1.82, 2.24) is 5.32 Å². The second-order valence-electron chi connectivity index (χ2n) is 4.93. The third kappa shape index (κ3) is 3.16. The first-order valence-electron chi connectivity index (χ1n) is 7.01. The lowest BCUT2D eigenvalue weighted by atomic mass is 10.1. The lowest BCUT2D eigenvalue weighted by Crippen LogP contribution is -2.18. The molecule has 110 valence electrons. The Morgan fingerprint density at radius 2 is 1.86 bits per heavy atom. The van der Waals surface area contributed by atoms with Crippen molar-refractivity contribution in [1.29, 1.82) is 0 Å². The molecule has 0 unspecified atom stereocenters. The van der Waals surface area contributed by atoms with E-state index in [1.807, 2.05) is 18.0 Å². The van der Waals surface area contributed by atoms with E-state index in [1.165, 1.54) is 5.56 Å². The zero-order valence-corrected chi connectivity index (χ0v) is 12.7. The Morgan fingerprint density at radius 3 is 2.38 bits per heavy atom. The number of carbonyl (C=O) groups excluding carboxylic acids is 1. The van der Waals surface area contributed by atoms with Gasteiger partial charge in [-0.25, -0.2) is 0 Å². The van der Waals surface area contributed by atoms with Crippen LogP contribution in [0, 0.1) is 0 Å². The van der Waals surface area contributed by atoms with Gasteiger partial charge in [0.15, 0.2) is 0 Å². The van der Waals surface area contributed by atoms with Gasteiger partial charge in [0.2, 0.25) is 0 Å². The van der Waals surface area contributed by atoms with Crippen molar-refractivity contribution in [2.24, 2.45) is 0 Å². The lowest BCUT2D eigenvalue weighted by Gasteiger charge is -2.22. The first kappa shape index (κ1) is 14.9. The molecule has 4 heteroatoms. The van der Waals surface area contributed by atoms with Crippen molar-refractivity contribution >= 4 is 23.0 Å². The number of nitrogens with one attached hydrogen (secondary N) is 1. The van der Waals surface area contributed by atoms with Crippen molar-refractivity contribution in [3.63, 3.8) is 0 Å². The summed E-state index contributed by atoms with van der Waals surface area (Å²) in [6.07, 6.45) is 1.02. The van der Waals surface area contributed by atoms with Crippen LogP contribution in [-0.2, 0) is 6.42 Å². The number of anilines is 3. The number of hydrogen-bond donors (Lipinski definition) is 2. The Morgan fingerprint density at radius 1 is 1.19 bits per heavy atom. The van der Waals surface area contributed by atoms with Crippen LogP contribution >= 0.6 is 0 Å². The third-order valence-corrected chi connectivity index (χ3v) is 3.61. The molecule has 21 heavy (non-hydrogen) atoms. The number of nitrogens with two attached hydrogens (primary N) is 1. The second kappa shape index (κ2) is 6.31. The molecule has 0 aliphatic rings. The van der Waals surface area contributed by atoms with Crippen molar-refractivity contribution in [2.45, 2.75) is 13.3 Å². The average Bonchev–Trinajstić information content (AvgIpc) is 2.53. The number of nitrogen functional groups attached to an aromatic ring is 1. The normalized spacial score (nSPS) is 10.2. The molecule has 0 fully saturated rings. The SMILES string of the molecule is CCc1ccc(N(C)c2ccc(C(=O)NC)cc2N)cc1. The van der Waals surface area contributed by atoms with Crippen LogP contribution in [0.3, 0.4) is 0 Å². The van der Waals surface area contributed by atoms with Gasteiger partial charge in [0, 0.05) is 25.3 Å². The van der Waals surface area contributed by atoms with E-state index in [0.29, 0.717) is 11.3 Å². The Balaban J connectivity index is 2.30. The summed E-state index contributed by atoms with van der Waals surface area (Å²) in [4.78, 5) is 13.6. The molecule has 0 saturated heterocycles. The van der Waals surface area contributed by atoms with Gasteiger partial charge in [0.1, 0.15) is 0 Å². The maximum Gasteiger partial charge on any atom is 0.251 e. The van der Waals surface area contributed by atoms with Gasteiger partial charge in [0.05, 0.1) is 11.4 Å². The predicted octanol–water partition coefficient (Wildman–Crippen LogP) is 2.96.